The van der Waals surface area contributed by atoms with Crippen molar-refractivity contribution in [3.63, 3.8) is 0 Å². The highest BCUT2D eigenvalue weighted by molar-refractivity contribution is 7.08. The summed E-state index contributed by atoms with van der Waals surface area (Å²) >= 11 is 1.29. The van der Waals surface area contributed by atoms with Crippen molar-refractivity contribution < 1.29 is 19.1 Å². The molecule has 2 amide bonds. The number of piperazine rings is 1. The number of nitrogens with zero attached hydrogens (tertiary/aromatic N) is 3. The fourth-order valence-electron chi connectivity index (χ4n) is 3.96. The van der Waals surface area contributed by atoms with Gasteiger partial charge in [-0.1, -0.05) is 24.3 Å². The van der Waals surface area contributed by atoms with E-state index in [-0.39, 0.29) is 12.5 Å². The molecule has 0 atom stereocenters. The highest BCUT2D eigenvalue weighted by Gasteiger charge is 2.18. The highest BCUT2D eigenvalue weighted by atomic mass is 32.1. The molecule has 0 radical (unpaired) electrons. The van der Waals surface area contributed by atoms with Crippen LogP contribution >= 0.6 is 11.3 Å². The number of hydrogen-bond donors (Lipinski definition) is 3. The predicted octanol–water partition coefficient (Wildman–Crippen LogP) is 3.01. The Morgan fingerprint density at radius 2 is 1.81 bits per heavy atom. The lowest BCUT2D eigenvalue weighted by Gasteiger charge is -2.34. The van der Waals surface area contributed by atoms with Crippen molar-refractivity contribution in [3.8, 4) is 0 Å². The van der Waals surface area contributed by atoms with Crippen molar-refractivity contribution in [1.82, 2.24) is 15.2 Å². The number of carbonyl (C=O) groups excluding carboxylic acids is 2. The van der Waals surface area contributed by atoms with Gasteiger partial charge < -0.3 is 10.4 Å². The summed E-state index contributed by atoms with van der Waals surface area (Å²) in [6.07, 6.45) is 1.35. The van der Waals surface area contributed by atoms with Crippen LogP contribution in [0.4, 0.5) is 10.1 Å². The van der Waals surface area contributed by atoms with E-state index in [4.69, 9.17) is 5.11 Å². The van der Waals surface area contributed by atoms with Crippen molar-refractivity contribution in [3.05, 3.63) is 87.4 Å². The number of halogens is 1. The molecule has 3 N–H and O–H groups in total. The number of hydrogen-bond acceptors (Lipinski definition) is 7. The number of carbonyl (C=O) groups is 2. The highest BCUT2D eigenvalue weighted by Crippen LogP contribution is 2.22. The van der Waals surface area contributed by atoms with Gasteiger partial charge in [0.15, 0.2) is 0 Å². The molecule has 1 aromatic heterocycles. The quantitative estimate of drug-likeness (QED) is 0.304. The third kappa shape index (κ3) is 7.05. The molecule has 1 aliphatic heterocycles. The topological polar surface area (TPSA) is 97.3 Å². The maximum atomic E-state index is 13.3. The van der Waals surface area contributed by atoms with E-state index in [9.17, 15) is 14.0 Å². The van der Waals surface area contributed by atoms with E-state index in [0.717, 1.165) is 38.3 Å². The van der Waals surface area contributed by atoms with Gasteiger partial charge in [0, 0.05) is 55.6 Å². The molecule has 36 heavy (non-hydrogen) atoms. The van der Waals surface area contributed by atoms with Crippen molar-refractivity contribution >= 4 is 35.1 Å². The SMILES string of the molecule is O=C(Nc1cscc1C(=O)N/N=C/c1cccc(F)c1)c1cccc(CN2CCN(CCO)CC2)c1. The third-order valence-electron chi connectivity index (χ3n) is 5.86. The van der Waals surface area contributed by atoms with Gasteiger partial charge in [0.25, 0.3) is 11.8 Å². The fourth-order valence-corrected chi connectivity index (χ4v) is 4.72. The Labute approximate surface area is 213 Å². The van der Waals surface area contributed by atoms with Crippen LogP contribution in [0, 0.1) is 5.82 Å². The first-order valence-electron chi connectivity index (χ1n) is 11.6. The molecule has 0 unspecified atom stereocenters. The first kappa shape index (κ1) is 25.6. The largest absolute Gasteiger partial charge is 0.395 e. The second-order valence-corrected chi connectivity index (χ2v) is 9.19. The van der Waals surface area contributed by atoms with Crippen LogP contribution in [0.3, 0.4) is 0 Å². The summed E-state index contributed by atoms with van der Waals surface area (Å²) in [5.41, 5.74) is 5.16. The lowest BCUT2D eigenvalue weighted by atomic mass is 10.1. The van der Waals surface area contributed by atoms with Crippen LogP contribution in [0.5, 0.6) is 0 Å². The summed E-state index contributed by atoms with van der Waals surface area (Å²) in [6.45, 7) is 5.25. The third-order valence-corrected chi connectivity index (χ3v) is 6.60. The molecule has 8 nitrogen and oxygen atoms in total. The second-order valence-electron chi connectivity index (χ2n) is 8.45. The molecule has 2 heterocycles. The Hall–Kier alpha value is -3.44. The Balaban J connectivity index is 1.34. The zero-order valence-corrected chi connectivity index (χ0v) is 20.5. The number of hydrazone groups is 1. The van der Waals surface area contributed by atoms with E-state index in [0.29, 0.717) is 28.9 Å². The minimum Gasteiger partial charge on any atom is -0.395 e. The number of aliphatic hydroxyl groups excluding tert-OH is 1. The number of β-amino-alcohol motifs (C(OH)–C–C–N with tert-alkyl or cyclic N) is 1. The Bertz CT molecular complexity index is 1220. The summed E-state index contributed by atoms with van der Waals surface area (Å²) in [4.78, 5) is 30.1. The number of anilines is 1. The van der Waals surface area contributed by atoms with E-state index in [1.54, 1.807) is 29.0 Å². The van der Waals surface area contributed by atoms with Gasteiger partial charge in [0.2, 0.25) is 0 Å². The van der Waals surface area contributed by atoms with Gasteiger partial charge in [-0.25, -0.2) is 9.82 Å². The summed E-state index contributed by atoms with van der Waals surface area (Å²) in [5, 5.41) is 19.1. The normalized spacial score (nSPS) is 14.7. The molecule has 1 fully saturated rings. The van der Waals surface area contributed by atoms with E-state index in [1.807, 2.05) is 18.2 Å². The Morgan fingerprint density at radius 3 is 2.58 bits per heavy atom. The standard InChI is InChI=1S/C26H28FN5O3S/c27-22-6-2-3-19(14-22)15-28-30-26(35)23-17-36-18-24(23)29-25(34)21-5-1-4-20(13-21)16-32-9-7-31(8-10-32)11-12-33/h1-6,13-15,17-18,33H,7-12,16H2,(H,29,34)(H,30,35)/b28-15+. The van der Waals surface area contributed by atoms with Crippen LogP contribution in [-0.2, 0) is 6.54 Å². The van der Waals surface area contributed by atoms with Gasteiger partial charge in [-0.3, -0.25) is 19.4 Å². The van der Waals surface area contributed by atoms with Gasteiger partial charge >= 0.3 is 0 Å². The van der Waals surface area contributed by atoms with Gasteiger partial charge in [0.05, 0.1) is 24.1 Å². The molecule has 1 saturated heterocycles. The van der Waals surface area contributed by atoms with Gasteiger partial charge in [-0.15, -0.1) is 11.3 Å². The van der Waals surface area contributed by atoms with Crippen molar-refractivity contribution in [2.75, 3.05) is 44.6 Å². The Kier molecular flexibility index (Phi) is 8.90. The Morgan fingerprint density at radius 1 is 1.03 bits per heavy atom. The van der Waals surface area contributed by atoms with Gasteiger partial charge in [-0.05, 0) is 35.4 Å². The average molecular weight is 510 g/mol. The molecule has 0 saturated carbocycles. The van der Waals surface area contributed by atoms with Crippen LogP contribution < -0.4 is 10.7 Å². The first-order chi connectivity index (χ1) is 17.5. The van der Waals surface area contributed by atoms with E-state index >= 15 is 0 Å². The molecule has 4 rings (SSSR count). The molecule has 3 aromatic rings. The zero-order chi connectivity index (χ0) is 25.3. The van der Waals surface area contributed by atoms with Crippen LogP contribution in [-0.4, -0.2) is 72.3 Å². The second kappa shape index (κ2) is 12.5. The van der Waals surface area contributed by atoms with Crippen LogP contribution in [0.25, 0.3) is 0 Å². The number of amides is 2. The molecule has 10 heteroatoms. The molecule has 1 aliphatic rings. The maximum absolute atomic E-state index is 13.3. The molecular formula is C26H28FN5O3S. The molecule has 0 spiro atoms. The number of benzene rings is 2. The van der Waals surface area contributed by atoms with E-state index < -0.39 is 11.7 Å². The smallest absolute Gasteiger partial charge is 0.274 e. The summed E-state index contributed by atoms with van der Waals surface area (Å²) in [5.74, 6) is -1.17. The zero-order valence-electron chi connectivity index (χ0n) is 19.7. The van der Waals surface area contributed by atoms with Crippen molar-refractivity contribution in [2.24, 2.45) is 5.10 Å². The molecular weight excluding hydrogens is 481 g/mol. The van der Waals surface area contributed by atoms with Crippen LogP contribution in [0.15, 0.2) is 64.4 Å². The number of aliphatic hydroxyl groups is 1. The molecule has 0 bridgehead atoms. The number of thiophene rings is 1. The first-order valence-corrected chi connectivity index (χ1v) is 12.6. The van der Waals surface area contributed by atoms with Crippen LogP contribution in [0.1, 0.15) is 31.8 Å². The monoisotopic (exact) mass is 509 g/mol. The summed E-state index contributed by atoms with van der Waals surface area (Å²) < 4.78 is 13.3. The molecule has 0 aliphatic carbocycles. The average Bonchev–Trinajstić information content (AvgIpc) is 3.34. The summed E-state index contributed by atoms with van der Waals surface area (Å²) in [7, 11) is 0. The molecule has 2 aromatic carbocycles. The van der Waals surface area contributed by atoms with Crippen molar-refractivity contribution in [1.29, 1.82) is 0 Å². The van der Waals surface area contributed by atoms with Crippen LogP contribution in [0.2, 0.25) is 0 Å². The lowest BCUT2D eigenvalue weighted by molar-refractivity contribution is 0.0956. The van der Waals surface area contributed by atoms with Crippen molar-refractivity contribution in [2.45, 2.75) is 6.54 Å². The predicted molar refractivity (Wildman–Crippen MR) is 139 cm³/mol. The van der Waals surface area contributed by atoms with Gasteiger partial charge in [0.1, 0.15) is 5.82 Å². The van der Waals surface area contributed by atoms with Gasteiger partial charge in [-0.2, -0.15) is 5.10 Å². The fraction of sp³-hybridized carbons (Fsp3) is 0.269. The molecule has 188 valence electrons. The minimum absolute atomic E-state index is 0.173. The number of rotatable bonds is 9. The minimum atomic E-state index is -0.478. The lowest BCUT2D eigenvalue weighted by Crippen LogP contribution is -2.46. The van der Waals surface area contributed by atoms with E-state index in [2.05, 4.69) is 25.6 Å². The summed E-state index contributed by atoms with van der Waals surface area (Å²) in [6, 6.07) is 13.3. The number of nitrogens with one attached hydrogen (secondary N) is 2. The maximum Gasteiger partial charge on any atom is 0.274 e. The van der Waals surface area contributed by atoms with E-state index in [1.165, 1.54) is 29.7 Å².